The van der Waals surface area contributed by atoms with Crippen LogP contribution >= 0.6 is 0 Å². The normalized spacial score (nSPS) is 21.4. The summed E-state index contributed by atoms with van der Waals surface area (Å²) in [6.45, 7) is 1.23. The van der Waals surface area contributed by atoms with E-state index in [1.54, 1.807) is 0 Å². The Hall–Kier alpha value is -1.43. The van der Waals surface area contributed by atoms with Crippen LogP contribution in [0.25, 0.3) is 0 Å². The lowest BCUT2D eigenvalue weighted by Gasteiger charge is -2.31. The second kappa shape index (κ2) is 6.65. The van der Waals surface area contributed by atoms with Gasteiger partial charge in [-0.25, -0.2) is 5.90 Å². The van der Waals surface area contributed by atoms with Crippen molar-refractivity contribution < 1.29 is 14.7 Å². The summed E-state index contributed by atoms with van der Waals surface area (Å²) in [7, 11) is 0. The van der Waals surface area contributed by atoms with Gasteiger partial charge < -0.3 is 9.94 Å². The summed E-state index contributed by atoms with van der Waals surface area (Å²) in [5.74, 6) is 4.37. The Balaban J connectivity index is 2.19. The lowest BCUT2D eigenvalue weighted by molar-refractivity contribution is -0.143. The molecule has 1 aliphatic rings. The number of carbonyl (C=O) groups is 1. The molecule has 5 nitrogen and oxygen atoms in total. The number of nitrogens with zero attached hydrogens (tertiary/aromatic N) is 1. The predicted octanol–water partition coefficient (Wildman–Crippen LogP) is 1.56. The van der Waals surface area contributed by atoms with Crippen molar-refractivity contribution in [3.8, 4) is 0 Å². The van der Waals surface area contributed by atoms with Crippen molar-refractivity contribution in [2.45, 2.75) is 31.3 Å². The van der Waals surface area contributed by atoms with E-state index in [0.717, 1.165) is 18.5 Å². The molecule has 19 heavy (non-hydrogen) atoms. The van der Waals surface area contributed by atoms with Gasteiger partial charge in [-0.05, 0) is 31.4 Å². The summed E-state index contributed by atoms with van der Waals surface area (Å²) in [5, 5.41) is 9.31. The van der Waals surface area contributed by atoms with Crippen LogP contribution in [0.15, 0.2) is 30.3 Å². The van der Waals surface area contributed by atoms with Crippen molar-refractivity contribution in [3.63, 3.8) is 0 Å². The van der Waals surface area contributed by atoms with E-state index in [1.165, 1.54) is 0 Å². The molecule has 1 fully saturated rings. The van der Waals surface area contributed by atoms with Gasteiger partial charge in [-0.3, -0.25) is 9.69 Å². The van der Waals surface area contributed by atoms with Crippen molar-refractivity contribution in [1.82, 2.24) is 4.90 Å². The Kier molecular flexibility index (Phi) is 4.90. The van der Waals surface area contributed by atoms with Gasteiger partial charge >= 0.3 is 5.97 Å². The standard InChI is InChI=1S/C14H20N2O3/c15-19-10-8-12(11-5-2-1-3-6-11)16-9-4-7-13(16)14(17)18/h1-3,5-6,12-13H,4,7-10,15H2,(H,17,18)/t12?,13-/m0/s1. The first kappa shape index (κ1) is 14.0. The average Bonchev–Trinajstić information content (AvgIpc) is 2.90. The quantitative estimate of drug-likeness (QED) is 0.762. The topological polar surface area (TPSA) is 75.8 Å². The highest BCUT2D eigenvalue weighted by atomic mass is 16.6. The fourth-order valence-corrected chi connectivity index (χ4v) is 2.81. The molecule has 0 amide bonds. The average molecular weight is 264 g/mol. The second-order valence-electron chi connectivity index (χ2n) is 4.82. The van der Waals surface area contributed by atoms with Crippen molar-refractivity contribution in [3.05, 3.63) is 35.9 Å². The molecule has 1 unspecified atom stereocenters. The third-order valence-electron chi connectivity index (χ3n) is 3.67. The maximum absolute atomic E-state index is 11.3. The number of nitrogens with two attached hydrogens (primary N) is 1. The Morgan fingerprint density at radius 2 is 2.21 bits per heavy atom. The molecular formula is C14H20N2O3. The number of benzene rings is 1. The molecule has 1 aromatic carbocycles. The molecule has 0 saturated carbocycles. The summed E-state index contributed by atoms with van der Waals surface area (Å²) in [6.07, 6.45) is 2.33. The van der Waals surface area contributed by atoms with Crippen LogP contribution in [0.3, 0.4) is 0 Å². The number of likely N-dealkylation sites (tertiary alicyclic amines) is 1. The van der Waals surface area contributed by atoms with Crippen LogP contribution < -0.4 is 5.90 Å². The first-order valence-electron chi connectivity index (χ1n) is 6.59. The zero-order valence-electron chi connectivity index (χ0n) is 10.9. The van der Waals surface area contributed by atoms with Crippen LogP contribution in [0.2, 0.25) is 0 Å². The summed E-state index contributed by atoms with van der Waals surface area (Å²) in [6, 6.07) is 9.60. The number of carboxylic acids is 1. The van der Waals surface area contributed by atoms with Gasteiger partial charge in [0.05, 0.1) is 6.61 Å². The van der Waals surface area contributed by atoms with Crippen LogP contribution in [0.4, 0.5) is 0 Å². The number of aliphatic carboxylic acids is 1. The zero-order valence-corrected chi connectivity index (χ0v) is 10.9. The van der Waals surface area contributed by atoms with Gasteiger partial charge in [-0.2, -0.15) is 0 Å². The van der Waals surface area contributed by atoms with Crippen LogP contribution in [0.1, 0.15) is 30.9 Å². The number of hydrogen-bond acceptors (Lipinski definition) is 4. The Morgan fingerprint density at radius 1 is 1.47 bits per heavy atom. The molecule has 2 rings (SSSR count). The van der Waals surface area contributed by atoms with Gasteiger partial charge in [0.15, 0.2) is 0 Å². The predicted molar refractivity (Wildman–Crippen MR) is 71.3 cm³/mol. The van der Waals surface area contributed by atoms with E-state index < -0.39 is 12.0 Å². The molecule has 104 valence electrons. The van der Waals surface area contributed by atoms with Gasteiger partial charge in [0, 0.05) is 6.04 Å². The molecule has 2 atom stereocenters. The van der Waals surface area contributed by atoms with E-state index in [0.29, 0.717) is 19.4 Å². The van der Waals surface area contributed by atoms with E-state index in [9.17, 15) is 9.90 Å². The maximum Gasteiger partial charge on any atom is 0.320 e. The fourth-order valence-electron chi connectivity index (χ4n) is 2.81. The van der Waals surface area contributed by atoms with Gasteiger partial charge in [0.2, 0.25) is 0 Å². The largest absolute Gasteiger partial charge is 0.480 e. The molecule has 1 aliphatic heterocycles. The molecule has 0 aromatic heterocycles. The van der Waals surface area contributed by atoms with E-state index in [4.69, 9.17) is 5.90 Å². The van der Waals surface area contributed by atoms with Crippen LogP contribution in [-0.2, 0) is 9.63 Å². The molecule has 5 heteroatoms. The second-order valence-corrected chi connectivity index (χ2v) is 4.82. The van der Waals surface area contributed by atoms with Crippen molar-refractivity contribution >= 4 is 5.97 Å². The SMILES string of the molecule is NOCCC(c1ccccc1)N1CCC[C@H]1C(=O)O. The number of hydrogen-bond donors (Lipinski definition) is 2. The molecule has 0 spiro atoms. The molecular weight excluding hydrogens is 244 g/mol. The van der Waals surface area contributed by atoms with Gasteiger partial charge in [0.1, 0.15) is 6.04 Å². The fraction of sp³-hybridized carbons (Fsp3) is 0.500. The van der Waals surface area contributed by atoms with E-state index in [-0.39, 0.29) is 6.04 Å². The van der Waals surface area contributed by atoms with Crippen molar-refractivity contribution in [2.75, 3.05) is 13.2 Å². The molecule has 1 heterocycles. The molecule has 1 saturated heterocycles. The highest BCUT2D eigenvalue weighted by molar-refractivity contribution is 5.73. The Morgan fingerprint density at radius 3 is 2.84 bits per heavy atom. The number of carboxylic acid groups (broad SMARTS) is 1. The van der Waals surface area contributed by atoms with Crippen LogP contribution in [-0.4, -0.2) is 35.2 Å². The Bertz CT molecular complexity index is 410. The molecule has 0 bridgehead atoms. The minimum absolute atomic E-state index is 0.0494. The van der Waals surface area contributed by atoms with Crippen LogP contribution in [0.5, 0.6) is 0 Å². The Labute approximate surface area is 112 Å². The van der Waals surface area contributed by atoms with Crippen LogP contribution in [0, 0.1) is 0 Å². The van der Waals surface area contributed by atoms with Gasteiger partial charge in [-0.15, -0.1) is 0 Å². The molecule has 0 radical (unpaired) electrons. The van der Waals surface area contributed by atoms with Gasteiger partial charge in [0.25, 0.3) is 0 Å². The first-order chi connectivity index (χ1) is 9.24. The smallest absolute Gasteiger partial charge is 0.320 e. The monoisotopic (exact) mass is 264 g/mol. The van der Waals surface area contributed by atoms with E-state index in [1.807, 2.05) is 30.3 Å². The highest BCUT2D eigenvalue weighted by Crippen LogP contribution is 2.31. The van der Waals surface area contributed by atoms with E-state index in [2.05, 4.69) is 9.74 Å². The highest BCUT2D eigenvalue weighted by Gasteiger charge is 2.35. The molecule has 1 aromatic rings. The summed E-state index contributed by atoms with van der Waals surface area (Å²) in [5.41, 5.74) is 1.12. The van der Waals surface area contributed by atoms with Crippen molar-refractivity contribution in [1.29, 1.82) is 0 Å². The summed E-state index contributed by atoms with van der Waals surface area (Å²) >= 11 is 0. The molecule has 3 N–H and O–H groups in total. The lowest BCUT2D eigenvalue weighted by atomic mass is 10.0. The third kappa shape index (κ3) is 3.32. The first-order valence-corrected chi connectivity index (χ1v) is 6.59. The lowest BCUT2D eigenvalue weighted by Crippen LogP contribution is -2.39. The summed E-state index contributed by atoms with van der Waals surface area (Å²) < 4.78 is 0. The molecule has 0 aliphatic carbocycles. The van der Waals surface area contributed by atoms with Gasteiger partial charge in [-0.1, -0.05) is 30.3 Å². The number of rotatable bonds is 6. The minimum Gasteiger partial charge on any atom is -0.480 e. The third-order valence-corrected chi connectivity index (χ3v) is 3.67. The zero-order chi connectivity index (χ0) is 13.7. The van der Waals surface area contributed by atoms with Crippen molar-refractivity contribution in [2.24, 2.45) is 5.90 Å². The maximum atomic E-state index is 11.3. The summed E-state index contributed by atoms with van der Waals surface area (Å²) in [4.78, 5) is 18.1. The minimum atomic E-state index is -0.743. The van der Waals surface area contributed by atoms with E-state index >= 15 is 0 Å².